The third kappa shape index (κ3) is 3.22. The largest absolute Gasteiger partial charge is 0.476 e. The van der Waals surface area contributed by atoms with Crippen LogP contribution >= 0.6 is 22.9 Å². The van der Waals surface area contributed by atoms with E-state index in [4.69, 9.17) is 27.2 Å². The number of nitrogen functional groups attached to an aromatic ring is 1. The van der Waals surface area contributed by atoms with Gasteiger partial charge in [0.15, 0.2) is 0 Å². The van der Waals surface area contributed by atoms with Crippen molar-refractivity contribution in [3.05, 3.63) is 15.5 Å². The first-order chi connectivity index (χ1) is 11.0. The molecule has 124 valence electrons. The predicted octanol–water partition coefficient (Wildman–Crippen LogP) is 2.49. The fraction of sp³-hybridized carbons (Fsp3) is 0.467. The smallest absolute Gasteiger partial charge is 0.263 e. The number of nitrogens with zero attached hydrogens (tertiary/aromatic N) is 1. The maximum atomic E-state index is 12.3. The van der Waals surface area contributed by atoms with Crippen LogP contribution in [0.4, 0.5) is 5.69 Å². The third-order valence-electron chi connectivity index (χ3n) is 3.68. The highest BCUT2D eigenvalue weighted by atomic mass is 35.5. The van der Waals surface area contributed by atoms with Crippen molar-refractivity contribution in [2.24, 2.45) is 0 Å². The van der Waals surface area contributed by atoms with Crippen molar-refractivity contribution in [3.63, 3.8) is 0 Å². The van der Waals surface area contributed by atoms with Gasteiger partial charge in [0.25, 0.3) is 5.91 Å². The third-order valence-corrected chi connectivity index (χ3v) is 5.23. The highest BCUT2D eigenvalue weighted by molar-refractivity contribution is 7.21. The maximum absolute atomic E-state index is 12.3. The Morgan fingerprint density at radius 3 is 2.96 bits per heavy atom. The van der Waals surface area contributed by atoms with E-state index in [0.717, 1.165) is 18.4 Å². The molecule has 0 atom stereocenters. The molecular formula is C15H18ClN3O3S. The minimum Gasteiger partial charge on any atom is -0.476 e. The average Bonchev–Trinajstić information content (AvgIpc) is 3.26. The number of thiophene rings is 1. The Morgan fingerprint density at radius 1 is 1.57 bits per heavy atom. The molecule has 0 aliphatic heterocycles. The fourth-order valence-corrected chi connectivity index (χ4v) is 3.50. The van der Waals surface area contributed by atoms with Gasteiger partial charge in [-0.3, -0.25) is 4.79 Å². The monoisotopic (exact) mass is 355 g/mol. The van der Waals surface area contributed by atoms with Crippen LogP contribution in [0.2, 0.25) is 5.02 Å². The zero-order valence-corrected chi connectivity index (χ0v) is 14.3. The Morgan fingerprint density at radius 2 is 2.30 bits per heavy atom. The molecule has 1 fully saturated rings. The van der Waals surface area contributed by atoms with E-state index in [0.29, 0.717) is 44.7 Å². The zero-order valence-electron chi connectivity index (χ0n) is 12.7. The molecule has 1 aliphatic carbocycles. The van der Waals surface area contributed by atoms with Crippen molar-refractivity contribution in [3.8, 4) is 5.88 Å². The second-order valence-electron chi connectivity index (χ2n) is 5.55. The van der Waals surface area contributed by atoms with Crippen LogP contribution in [0.5, 0.6) is 5.88 Å². The highest BCUT2D eigenvalue weighted by Crippen LogP contribution is 2.40. The van der Waals surface area contributed by atoms with E-state index >= 15 is 0 Å². The SMILES string of the molecule is Cc1c(Cl)c(OCCCO)nc2sc(C(=O)NC3CC3)c(N)c12. The van der Waals surface area contributed by atoms with Gasteiger partial charge in [-0.2, -0.15) is 0 Å². The van der Waals surface area contributed by atoms with Gasteiger partial charge < -0.3 is 20.9 Å². The number of nitrogens with two attached hydrogens (primary N) is 1. The summed E-state index contributed by atoms with van der Waals surface area (Å²) in [6.45, 7) is 2.19. The van der Waals surface area contributed by atoms with Crippen molar-refractivity contribution in [1.29, 1.82) is 0 Å². The molecule has 2 aromatic heterocycles. The Labute approximate surface area is 142 Å². The molecule has 2 aromatic rings. The minimum absolute atomic E-state index is 0.0380. The summed E-state index contributed by atoms with van der Waals surface area (Å²) in [5, 5.41) is 12.8. The van der Waals surface area contributed by atoms with E-state index in [1.807, 2.05) is 6.92 Å². The number of aryl methyl sites for hydroxylation is 1. The summed E-state index contributed by atoms with van der Waals surface area (Å²) < 4.78 is 5.51. The van der Waals surface area contributed by atoms with Crippen LogP contribution in [0.25, 0.3) is 10.2 Å². The first-order valence-electron chi connectivity index (χ1n) is 7.45. The number of halogens is 1. The molecular weight excluding hydrogens is 338 g/mol. The normalized spacial score (nSPS) is 14.2. The van der Waals surface area contributed by atoms with Gasteiger partial charge in [0.2, 0.25) is 5.88 Å². The number of rotatable bonds is 6. The quantitative estimate of drug-likeness (QED) is 0.691. The van der Waals surface area contributed by atoms with Crippen LogP contribution in [-0.2, 0) is 0 Å². The lowest BCUT2D eigenvalue weighted by Crippen LogP contribution is -2.25. The summed E-state index contributed by atoms with van der Waals surface area (Å²) in [7, 11) is 0. The summed E-state index contributed by atoms with van der Waals surface area (Å²) in [5.41, 5.74) is 7.31. The Hall–Kier alpha value is -1.57. The second kappa shape index (κ2) is 6.51. The molecule has 1 saturated carbocycles. The van der Waals surface area contributed by atoms with Gasteiger partial charge in [-0.1, -0.05) is 11.6 Å². The predicted molar refractivity (Wildman–Crippen MR) is 91.5 cm³/mol. The van der Waals surface area contributed by atoms with E-state index in [2.05, 4.69) is 10.3 Å². The number of fused-ring (bicyclic) bond motifs is 1. The molecule has 6 nitrogen and oxygen atoms in total. The van der Waals surface area contributed by atoms with Crippen molar-refractivity contribution in [1.82, 2.24) is 10.3 Å². The van der Waals surface area contributed by atoms with Crippen molar-refractivity contribution in [2.75, 3.05) is 18.9 Å². The van der Waals surface area contributed by atoms with E-state index in [-0.39, 0.29) is 18.6 Å². The average molecular weight is 356 g/mol. The summed E-state index contributed by atoms with van der Waals surface area (Å²) >= 11 is 7.55. The number of nitrogens with one attached hydrogen (secondary N) is 1. The van der Waals surface area contributed by atoms with Crippen molar-refractivity contribution in [2.45, 2.75) is 32.2 Å². The van der Waals surface area contributed by atoms with Crippen LogP contribution < -0.4 is 15.8 Å². The molecule has 0 bridgehead atoms. The summed E-state index contributed by atoms with van der Waals surface area (Å²) in [4.78, 5) is 17.8. The number of aliphatic hydroxyl groups is 1. The number of ether oxygens (including phenoxy) is 1. The number of carbonyl (C=O) groups excluding carboxylic acids is 1. The molecule has 0 radical (unpaired) electrons. The molecule has 3 rings (SSSR count). The molecule has 0 unspecified atom stereocenters. The van der Waals surface area contributed by atoms with Crippen LogP contribution in [-0.4, -0.2) is 35.3 Å². The number of hydrogen-bond donors (Lipinski definition) is 3. The number of aromatic nitrogens is 1. The molecule has 2 heterocycles. The van der Waals surface area contributed by atoms with E-state index in [1.165, 1.54) is 11.3 Å². The molecule has 4 N–H and O–H groups in total. The number of aliphatic hydroxyl groups excluding tert-OH is 1. The zero-order chi connectivity index (χ0) is 16.6. The highest BCUT2D eigenvalue weighted by Gasteiger charge is 2.27. The van der Waals surface area contributed by atoms with Gasteiger partial charge >= 0.3 is 0 Å². The number of pyridine rings is 1. The van der Waals surface area contributed by atoms with E-state index in [9.17, 15) is 4.79 Å². The molecule has 23 heavy (non-hydrogen) atoms. The number of hydrogen-bond acceptors (Lipinski definition) is 6. The minimum atomic E-state index is -0.161. The van der Waals surface area contributed by atoms with Crippen LogP contribution in [0, 0.1) is 6.92 Å². The Kier molecular flexibility index (Phi) is 4.61. The standard InChI is InChI=1S/C15H18ClN3O3S/c1-7-9-11(17)12(13(21)18-8-3-4-8)23-15(9)19-14(10(7)16)22-6-2-5-20/h8,20H,2-6,17H2,1H3,(H,18,21). The summed E-state index contributed by atoms with van der Waals surface area (Å²) in [6, 6.07) is 0.266. The van der Waals surface area contributed by atoms with Gasteiger partial charge in [-0.15, -0.1) is 11.3 Å². The molecule has 0 spiro atoms. The molecule has 8 heteroatoms. The Bertz CT molecular complexity index is 758. The molecule has 1 amide bonds. The maximum Gasteiger partial charge on any atom is 0.263 e. The lowest BCUT2D eigenvalue weighted by molar-refractivity contribution is 0.0956. The van der Waals surface area contributed by atoms with Gasteiger partial charge in [0.05, 0.1) is 12.3 Å². The van der Waals surface area contributed by atoms with Gasteiger partial charge in [0.1, 0.15) is 14.7 Å². The fourth-order valence-electron chi connectivity index (χ4n) is 2.26. The molecule has 1 aliphatic rings. The lowest BCUT2D eigenvalue weighted by Gasteiger charge is -2.09. The Balaban J connectivity index is 1.97. The van der Waals surface area contributed by atoms with Gasteiger partial charge in [-0.25, -0.2) is 4.98 Å². The lowest BCUT2D eigenvalue weighted by atomic mass is 10.1. The number of carbonyl (C=O) groups is 1. The second-order valence-corrected chi connectivity index (χ2v) is 6.93. The van der Waals surface area contributed by atoms with E-state index in [1.54, 1.807) is 0 Å². The van der Waals surface area contributed by atoms with Crippen molar-refractivity contribution < 1.29 is 14.6 Å². The van der Waals surface area contributed by atoms with Gasteiger partial charge in [-0.05, 0) is 25.3 Å². The number of amides is 1. The van der Waals surface area contributed by atoms with Crippen molar-refractivity contribution >= 4 is 44.7 Å². The summed E-state index contributed by atoms with van der Waals surface area (Å²) in [5.74, 6) is 0.145. The van der Waals surface area contributed by atoms with Crippen LogP contribution in [0.3, 0.4) is 0 Å². The van der Waals surface area contributed by atoms with E-state index < -0.39 is 0 Å². The topological polar surface area (TPSA) is 97.5 Å². The summed E-state index contributed by atoms with van der Waals surface area (Å²) in [6.07, 6.45) is 2.53. The first kappa shape index (κ1) is 16.3. The molecule has 0 aromatic carbocycles. The van der Waals surface area contributed by atoms with Crippen LogP contribution in [0.1, 0.15) is 34.5 Å². The first-order valence-corrected chi connectivity index (χ1v) is 8.65. The van der Waals surface area contributed by atoms with Crippen LogP contribution in [0.15, 0.2) is 0 Å². The van der Waals surface area contributed by atoms with Gasteiger partial charge in [0, 0.05) is 24.5 Å². The number of anilines is 1. The molecule has 0 saturated heterocycles.